The first-order valence-electron chi connectivity index (χ1n) is 13.3. The highest BCUT2D eigenvalue weighted by Crippen LogP contribution is 2.32. The topological polar surface area (TPSA) is 14.2 Å². The highest BCUT2D eigenvalue weighted by molar-refractivity contribution is 7.16. The Hall–Kier alpha value is -4.86. The van der Waals surface area contributed by atoms with Gasteiger partial charge in [-0.25, -0.2) is 0 Å². The molecule has 6 aromatic rings. The summed E-state index contributed by atoms with van der Waals surface area (Å²) >= 11 is 0. The van der Waals surface area contributed by atoms with Crippen LogP contribution in [0.1, 0.15) is 0 Å². The van der Waals surface area contributed by atoms with Gasteiger partial charge in [-0.3, -0.25) is 0 Å². The number of fused-ring (bicyclic) bond motifs is 3. The Kier molecular flexibility index (Phi) is 5.84. The fourth-order valence-electron chi connectivity index (χ4n) is 5.98. The summed E-state index contributed by atoms with van der Waals surface area (Å²) in [5.74, 6) is 0. The summed E-state index contributed by atoms with van der Waals surface area (Å²) in [6, 6.07) is 48.2. The number of nitrogens with zero attached hydrogens (tertiary/aromatic N) is 1. The van der Waals surface area contributed by atoms with E-state index >= 15 is 0 Å². The van der Waals surface area contributed by atoms with Crippen LogP contribution in [0.25, 0.3) is 27.5 Å². The number of para-hydroxylation sites is 2. The summed E-state index contributed by atoms with van der Waals surface area (Å²) in [4.78, 5) is 0. The molecule has 0 bridgehead atoms. The van der Waals surface area contributed by atoms with Crippen molar-refractivity contribution in [2.24, 2.45) is 0 Å². The van der Waals surface area contributed by atoms with E-state index in [0.29, 0.717) is 0 Å². The number of benzene rings is 5. The normalized spacial score (nSPS) is 13.3. The molecule has 0 aliphatic carbocycles. The third-order valence-electron chi connectivity index (χ3n) is 7.65. The molecule has 7 rings (SSSR count). The van der Waals surface area contributed by atoms with Crippen molar-refractivity contribution in [3.63, 3.8) is 0 Å². The molecule has 186 valence electrons. The Labute approximate surface area is 229 Å². The molecule has 39 heavy (non-hydrogen) atoms. The Morgan fingerprint density at radius 1 is 0.487 bits per heavy atom. The number of rotatable bonds is 5. The SMILES string of the molecule is C1=CC=C([Si](c2ccccc2)(c2ccccc2)c2ccc3c(c2)c2ccccc2n3-c2ccccc2)OC=C1. The molecule has 2 heterocycles. The van der Waals surface area contributed by atoms with Gasteiger partial charge in [0, 0.05) is 16.5 Å². The highest BCUT2D eigenvalue weighted by atomic mass is 28.3. The molecule has 0 unspecified atom stereocenters. The number of allylic oxidation sites excluding steroid dienone is 4. The Morgan fingerprint density at radius 3 is 1.82 bits per heavy atom. The average Bonchev–Trinajstić information content (AvgIpc) is 3.12. The molecule has 0 saturated heterocycles. The monoisotopic (exact) mass is 517 g/mol. The van der Waals surface area contributed by atoms with Crippen molar-refractivity contribution < 1.29 is 4.74 Å². The summed E-state index contributed by atoms with van der Waals surface area (Å²) in [6.07, 6.45) is 10.0. The zero-order chi connectivity index (χ0) is 26.1. The van der Waals surface area contributed by atoms with Gasteiger partial charge in [-0.2, -0.15) is 0 Å². The standard InChI is InChI=1S/C36H27NOSi/c1-5-15-28(16-6-1)37-34-22-13-12-21-32(34)33-27-31(24-25-35(33)37)39(29-17-7-2-8-18-29,30-19-9-3-10-20-30)36-23-11-4-14-26-38-36/h1-27H. The van der Waals surface area contributed by atoms with E-state index in [2.05, 4.69) is 150 Å². The minimum absolute atomic E-state index is 0.996. The second-order valence-electron chi connectivity index (χ2n) is 9.76. The highest BCUT2D eigenvalue weighted by Gasteiger charge is 2.45. The molecule has 3 heteroatoms. The van der Waals surface area contributed by atoms with Gasteiger partial charge in [0.2, 0.25) is 8.07 Å². The molecule has 0 amide bonds. The zero-order valence-electron chi connectivity index (χ0n) is 21.4. The van der Waals surface area contributed by atoms with Crippen LogP contribution in [0.15, 0.2) is 169 Å². The lowest BCUT2D eigenvalue weighted by Crippen LogP contribution is -2.69. The minimum atomic E-state index is -2.80. The molecule has 1 aromatic heterocycles. The van der Waals surface area contributed by atoms with Gasteiger partial charge >= 0.3 is 0 Å². The number of aromatic nitrogens is 1. The molecule has 1 aliphatic rings. The number of hydrogen-bond donors (Lipinski definition) is 0. The van der Waals surface area contributed by atoms with Crippen molar-refractivity contribution in [2.75, 3.05) is 0 Å². The molecule has 0 radical (unpaired) electrons. The molecule has 0 spiro atoms. The maximum atomic E-state index is 6.48. The van der Waals surface area contributed by atoms with Crippen LogP contribution in [0.4, 0.5) is 0 Å². The molecule has 0 atom stereocenters. The third kappa shape index (κ3) is 3.78. The molecule has 0 fully saturated rings. The van der Waals surface area contributed by atoms with Crippen LogP contribution in [0.2, 0.25) is 0 Å². The molecule has 1 aliphatic heterocycles. The molecular formula is C36H27NOSi. The van der Waals surface area contributed by atoms with Gasteiger partial charge < -0.3 is 9.30 Å². The Morgan fingerprint density at radius 2 is 1.10 bits per heavy atom. The van der Waals surface area contributed by atoms with Gasteiger partial charge in [-0.15, -0.1) is 0 Å². The van der Waals surface area contributed by atoms with Crippen molar-refractivity contribution in [1.82, 2.24) is 4.57 Å². The second kappa shape index (κ2) is 9.79. The van der Waals surface area contributed by atoms with E-state index in [1.54, 1.807) is 0 Å². The van der Waals surface area contributed by atoms with Gasteiger partial charge in [0.05, 0.1) is 22.7 Å². The van der Waals surface area contributed by atoms with Crippen LogP contribution in [-0.4, -0.2) is 12.6 Å². The summed E-state index contributed by atoms with van der Waals surface area (Å²) in [5, 5.41) is 7.36. The van der Waals surface area contributed by atoms with Crippen LogP contribution in [-0.2, 0) is 4.74 Å². The maximum absolute atomic E-state index is 6.48. The van der Waals surface area contributed by atoms with Crippen LogP contribution >= 0.6 is 0 Å². The van der Waals surface area contributed by atoms with E-state index < -0.39 is 8.07 Å². The molecule has 2 nitrogen and oxygen atoms in total. The molecule has 0 N–H and O–H groups in total. The molecular weight excluding hydrogens is 490 g/mol. The largest absolute Gasteiger partial charge is 0.473 e. The van der Waals surface area contributed by atoms with E-state index in [1.807, 2.05) is 18.4 Å². The van der Waals surface area contributed by atoms with Gasteiger partial charge in [0.1, 0.15) is 0 Å². The first-order chi connectivity index (χ1) is 19.4. The summed E-state index contributed by atoms with van der Waals surface area (Å²) in [7, 11) is -2.80. The fourth-order valence-corrected chi connectivity index (χ4v) is 10.5. The first-order valence-corrected chi connectivity index (χ1v) is 15.3. The van der Waals surface area contributed by atoms with Crippen LogP contribution in [0, 0.1) is 0 Å². The third-order valence-corrected chi connectivity index (χ3v) is 12.2. The molecule has 5 aromatic carbocycles. The van der Waals surface area contributed by atoms with E-state index in [4.69, 9.17) is 4.74 Å². The van der Waals surface area contributed by atoms with Crippen LogP contribution < -0.4 is 15.6 Å². The summed E-state index contributed by atoms with van der Waals surface area (Å²) in [6.45, 7) is 0. The predicted molar refractivity (Wildman–Crippen MR) is 166 cm³/mol. The van der Waals surface area contributed by atoms with Crippen molar-refractivity contribution >= 4 is 45.4 Å². The smallest absolute Gasteiger partial charge is 0.223 e. The Bertz CT molecular complexity index is 1830. The van der Waals surface area contributed by atoms with Gasteiger partial charge in [-0.1, -0.05) is 121 Å². The lowest BCUT2D eigenvalue weighted by molar-refractivity contribution is 0.381. The Balaban J connectivity index is 1.59. The minimum Gasteiger partial charge on any atom is -0.473 e. The number of ether oxygens (including phenoxy) is 1. The van der Waals surface area contributed by atoms with E-state index in [1.165, 1.54) is 37.4 Å². The van der Waals surface area contributed by atoms with Crippen LogP contribution in [0.5, 0.6) is 0 Å². The summed E-state index contributed by atoms with van der Waals surface area (Å²) in [5.41, 5.74) is 3.57. The van der Waals surface area contributed by atoms with E-state index in [0.717, 1.165) is 11.1 Å². The van der Waals surface area contributed by atoms with E-state index in [-0.39, 0.29) is 0 Å². The van der Waals surface area contributed by atoms with Crippen LogP contribution in [0.3, 0.4) is 0 Å². The lowest BCUT2D eigenvalue weighted by Gasteiger charge is -2.34. The predicted octanol–water partition coefficient (Wildman–Crippen LogP) is 6.78. The van der Waals surface area contributed by atoms with Crippen molar-refractivity contribution in [3.05, 3.63) is 169 Å². The van der Waals surface area contributed by atoms with Gasteiger partial charge in [0.15, 0.2) is 0 Å². The maximum Gasteiger partial charge on any atom is 0.223 e. The van der Waals surface area contributed by atoms with Gasteiger partial charge in [-0.05, 0) is 52.0 Å². The summed E-state index contributed by atoms with van der Waals surface area (Å²) < 4.78 is 8.85. The molecule has 0 saturated carbocycles. The average molecular weight is 518 g/mol. The fraction of sp³-hybridized carbons (Fsp3) is 0. The lowest BCUT2D eigenvalue weighted by atomic mass is 10.1. The number of hydrogen-bond acceptors (Lipinski definition) is 1. The second-order valence-corrected chi connectivity index (χ2v) is 13.5. The quantitative estimate of drug-likeness (QED) is 0.182. The van der Waals surface area contributed by atoms with Gasteiger partial charge in [0.25, 0.3) is 0 Å². The van der Waals surface area contributed by atoms with Crippen molar-refractivity contribution in [1.29, 1.82) is 0 Å². The first kappa shape index (κ1) is 23.3. The van der Waals surface area contributed by atoms with E-state index in [9.17, 15) is 0 Å². The zero-order valence-corrected chi connectivity index (χ0v) is 22.4. The van der Waals surface area contributed by atoms with Crippen molar-refractivity contribution in [3.8, 4) is 5.69 Å². The van der Waals surface area contributed by atoms with Crippen molar-refractivity contribution in [2.45, 2.75) is 0 Å².